The summed E-state index contributed by atoms with van der Waals surface area (Å²) in [6.45, 7) is 3.59. The Kier molecular flexibility index (Phi) is 3.99. The minimum atomic E-state index is -0.667. The van der Waals surface area contributed by atoms with E-state index in [0.717, 1.165) is 0 Å². The summed E-state index contributed by atoms with van der Waals surface area (Å²) < 4.78 is 3.52. The summed E-state index contributed by atoms with van der Waals surface area (Å²) in [6.07, 6.45) is 1.88. The second-order valence-corrected chi connectivity index (χ2v) is 6.18. The van der Waals surface area contributed by atoms with Crippen LogP contribution in [0.4, 0.5) is 0 Å². The molecule has 2 heteroatoms. The van der Waals surface area contributed by atoms with Crippen molar-refractivity contribution in [1.29, 1.82) is 0 Å². The van der Waals surface area contributed by atoms with Crippen molar-refractivity contribution in [2.75, 3.05) is 0 Å². The van der Waals surface area contributed by atoms with Crippen LogP contribution < -0.4 is 3.61 Å². The molecule has 0 radical (unpaired) electrons. The van der Waals surface area contributed by atoms with Crippen LogP contribution in [0.25, 0.3) is 0 Å². The van der Waals surface area contributed by atoms with Crippen LogP contribution in [-0.4, -0.2) is 31.6 Å². The van der Waals surface area contributed by atoms with Crippen LogP contribution in [0.1, 0.15) is 13.8 Å². The van der Waals surface area contributed by atoms with Crippen molar-refractivity contribution >= 4 is 24.5 Å². The van der Waals surface area contributed by atoms with E-state index in [4.69, 9.17) is 0 Å². The number of aliphatic hydroxyl groups is 1. The average molecular weight is 290 g/mol. The molecule has 0 heterocycles. The predicted octanol–water partition coefficient (Wildman–Crippen LogP) is 1.30. The summed E-state index contributed by atoms with van der Waals surface area (Å²) in [5, 5.41) is 9.43. The number of benzene rings is 1. The zero-order valence-electron chi connectivity index (χ0n) is 7.90. The molecule has 1 N–H and O–H groups in total. The van der Waals surface area contributed by atoms with Crippen molar-refractivity contribution < 1.29 is 5.11 Å². The van der Waals surface area contributed by atoms with E-state index in [2.05, 4.69) is 28.4 Å². The van der Waals surface area contributed by atoms with Gasteiger partial charge in [0, 0.05) is 0 Å². The second-order valence-electron chi connectivity index (χ2n) is 3.39. The van der Waals surface area contributed by atoms with E-state index < -0.39 is 5.60 Å². The molecule has 0 bridgehead atoms. The molecule has 1 aromatic carbocycles. The number of rotatable bonds is 3. The molecule has 0 aliphatic rings. The molecule has 0 spiro atoms. The Bertz CT molecular complexity index is 272. The molecule has 0 unspecified atom stereocenters. The van der Waals surface area contributed by atoms with Gasteiger partial charge in [-0.2, -0.15) is 0 Å². The molecule has 0 atom stereocenters. The van der Waals surface area contributed by atoms with E-state index in [1.165, 1.54) is 3.61 Å². The normalized spacial score (nSPS) is 12.2. The van der Waals surface area contributed by atoms with Crippen LogP contribution in [0.5, 0.6) is 0 Å². The van der Waals surface area contributed by atoms with Gasteiger partial charge in [0.2, 0.25) is 0 Å². The SMILES string of the molecule is CC(C)(O)C=C[Te]c1ccccc1. The molecular weight excluding hydrogens is 276 g/mol. The number of hydrogen-bond acceptors (Lipinski definition) is 1. The van der Waals surface area contributed by atoms with Crippen LogP contribution in [0.15, 0.2) is 40.5 Å². The third kappa shape index (κ3) is 5.10. The van der Waals surface area contributed by atoms with Crippen molar-refractivity contribution in [1.82, 2.24) is 0 Å². The molecular formula is C11H14OTe. The van der Waals surface area contributed by atoms with Gasteiger partial charge in [0.25, 0.3) is 0 Å². The zero-order valence-corrected chi connectivity index (χ0v) is 10.2. The Hall–Kier alpha value is -0.290. The standard InChI is InChI=1S/C11H14OTe/c1-11(2,12)8-9-13-10-6-4-3-5-7-10/h3-9,12H,1-2H3. The van der Waals surface area contributed by atoms with Crippen LogP contribution in [0, 0.1) is 0 Å². The van der Waals surface area contributed by atoms with Gasteiger partial charge in [-0.3, -0.25) is 0 Å². The van der Waals surface area contributed by atoms with Gasteiger partial charge in [0.05, 0.1) is 0 Å². The van der Waals surface area contributed by atoms with Crippen LogP contribution >= 0.6 is 0 Å². The van der Waals surface area contributed by atoms with Crippen molar-refractivity contribution in [2.45, 2.75) is 19.4 Å². The Morgan fingerprint density at radius 2 is 1.85 bits per heavy atom. The molecule has 0 aliphatic heterocycles. The van der Waals surface area contributed by atoms with Gasteiger partial charge in [-0.25, -0.2) is 0 Å². The molecule has 0 saturated heterocycles. The minimum absolute atomic E-state index is 0.254. The monoisotopic (exact) mass is 292 g/mol. The van der Waals surface area contributed by atoms with Gasteiger partial charge in [0.15, 0.2) is 0 Å². The maximum atomic E-state index is 9.43. The van der Waals surface area contributed by atoms with Gasteiger partial charge in [-0.05, 0) is 0 Å². The topological polar surface area (TPSA) is 20.2 Å². The van der Waals surface area contributed by atoms with E-state index in [1.54, 1.807) is 13.8 Å². The molecule has 1 nitrogen and oxygen atoms in total. The fraction of sp³-hybridized carbons (Fsp3) is 0.273. The van der Waals surface area contributed by atoms with Crippen LogP contribution in [-0.2, 0) is 0 Å². The summed E-state index contributed by atoms with van der Waals surface area (Å²) in [5.74, 6) is 0. The molecule has 0 saturated carbocycles. The summed E-state index contributed by atoms with van der Waals surface area (Å²) in [6, 6.07) is 10.4. The Morgan fingerprint density at radius 1 is 1.23 bits per heavy atom. The maximum absolute atomic E-state index is 9.43. The van der Waals surface area contributed by atoms with Crippen molar-refractivity contribution in [3.05, 3.63) is 40.5 Å². The quantitative estimate of drug-likeness (QED) is 0.832. The van der Waals surface area contributed by atoms with Gasteiger partial charge < -0.3 is 0 Å². The molecule has 1 rings (SSSR count). The molecule has 0 fully saturated rings. The Morgan fingerprint density at radius 3 is 2.38 bits per heavy atom. The Labute approximate surface area is 89.6 Å². The summed E-state index contributed by atoms with van der Waals surface area (Å²) >= 11 is -0.254. The molecule has 0 aliphatic carbocycles. The van der Waals surface area contributed by atoms with Crippen LogP contribution in [0.3, 0.4) is 0 Å². The van der Waals surface area contributed by atoms with E-state index in [1.807, 2.05) is 12.1 Å². The summed E-state index contributed by atoms with van der Waals surface area (Å²) in [5.41, 5.74) is -0.667. The van der Waals surface area contributed by atoms with Crippen molar-refractivity contribution in [3.8, 4) is 0 Å². The van der Waals surface area contributed by atoms with Crippen molar-refractivity contribution in [3.63, 3.8) is 0 Å². The second kappa shape index (κ2) is 4.81. The molecule has 0 amide bonds. The van der Waals surface area contributed by atoms with Gasteiger partial charge in [-0.15, -0.1) is 0 Å². The Balaban J connectivity index is 2.49. The summed E-state index contributed by atoms with van der Waals surface area (Å²) in [7, 11) is 0. The third-order valence-corrected chi connectivity index (χ3v) is 3.75. The van der Waals surface area contributed by atoms with Gasteiger partial charge in [-0.1, -0.05) is 0 Å². The zero-order chi connectivity index (χ0) is 9.73. The molecule has 13 heavy (non-hydrogen) atoms. The van der Waals surface area contributed by atoms with E-state index in [0.29, 0.717) is 0 Å². The van der Waals surface area contributed by atoms with Crippen LogP contribution in [0.2, 0.25) is 0 Å². The predicted molar refractivity (Wildman–Crippen MR) is 57.3 cm³/mol. The fourth-order valence-corrected chi connectivity index (χ4v) is 3.27. The fourth-order valence-electron chi connectivity index (χ4n) is 0.778. The van der Waals surface area contributed by atoms with E-state index >= 15 is 0 Å². The first kappa shape index (κ1) is 10.8. The number of hydrogen-bond donors (Lipinski definition) is 1. The van der Waals surface area contributed by atoms with Gasteiger partial charge in [0.1, 0.15) is 0 Å². The molecule has 1 aromatic rings. The first-order valence-electron chi connectivity index (χ1n) is 4.20. The van der Waals surface area contributed by atoms with E-state index in [-0.39, 0.29) is 20.9 Å². The molecule has 0 aromatic heterocycles. The van der Waals surface area contributed by atoms with Crippen molar-refractivity contribution in [2.24, 2.45) is 0 Å². The van der Waals surface area contributed by atoms with Gasteiger partial charge >= 0.3 is 89.6 Å². The summed E-state index contributed by atoms with van der Waals surface area (Å²) in [4.78, 5) is 0. The average Bonchev–Trinajstić information content (AvgIpc) is 2.04. The first-order chi connectivity index (χ1) is 6.08. The molecule has 70 valence electrons. The first-order valence-corrected chi connectivity index (χ1v) is 6.71. The van der Waals surface area contributed by atoms with E-state index in [9.17, 15) is 5.11 Å². The third-order valence-electron chi connectivity index (χ3n) is 1.42.